The van der Waals surface area contributed by atoms with Crippen LogP contribution in [0.2, 0.25) is 0 Å². The fraction of sp³-hybridized carbons (Fsp3) is 0.500. The average molecular weight is 459 g/mol. The topological polar surface area (TPSA) is 80.0 Å². The quantitative estimate of drug-likeness (QED) is 0.586. The van der Waals surface area contributed by atoms with Crippen LogP contribution in [0.3, 0.4) is 0 Å². The molecule has 0 aromatic carbocycles. The number of aryl methyl sites for hydroxylation is 1. The Morgan fingerprint density at radius 2 is 1.94 bits per heavy atom. The van der Waals surface area contributed by atoms with Crippen molar-refractivity contribution in [2.75, 3.05) is 24.5 Å². The summed E-state index contributed by atoms with van der Waals surface area (Å²) in [6, 6.07) is 5.97. The fourth-order valence-corrected chi connectivity index (χ4v) is 4.91. The number of aromatic nitrogens is 5. The van der Waals surface area contributed by atoms with E-state index in [4.69, 9.17) is 0 Å². The highest BCUT2D eigenvalue weighted by atomic mass is 19.4. The van der Waals surface area contributed by atoms with Crippen molar-refractivity contribution in [2.24, 2.45) is 11.8 Å². The molecule has 2 atom stereocenters. The maximum absolute atomic E-state index is 13.3. The second-order valence-electron chi connectivity index (χ2n) is 8.82. The van der Waals surface area contributed by atoms with Crippen LogP contribution in [0.15, 0.2) is 24.4 Å². The van der Waals surface area contributed by atoms with E-state index in [1.54, 1.807) is 11.1 Å². The minimum Gasteiger partial charge on any atom is -0.371 e. The SMILES string of the molecule is Cc1ccc2c(N3CC[C@H](C(=O)N4CCn5c(nnc5C(F)(F)F)C4)[C@H](C)C3)ccnc2n1. The monoisotopic (exact) mass is 459 g/mol. The van der Waals surface area contributed by atoms with Crippen molar-refractivity contribution in [3.05, 3.63) is 41.7 Å². The first-order valence-corrected chi connectivity index (χ1v) is 11.0. The van der Waals surface area contributed by atoms with Crippen LogP contribution in [0.4, 0.5) is 18.9 Å². The predicted molar refractivity (Wildman–Crippen MR) is 114 cm³/mol. The van der Waals surface area contributed by atoms with Crippen molar-refractivity contribution >= 4 is 22.6 Å². The summed E-state index contributed by atoms with van der Waals surface area (Å²) < 4.78 is 40.3. The van der Waals surface area contributed by atoms with Crippen LogP contribution in [0.1, 0.15) is 30.7 Å². The number of carbonyl (C=O) groups is 1. The van der Waals surface area contributed by atoms with E-state index in [2.05, 4.69) is 32.0 Å². The predicted octanol–water partition coefficient (Wildman–Crippen LogP) is 3.05. The largest absolute Gasteiger partial charge is 0.451 e. The molecule has 0 unspecified atom stereocenters. The first-order valence-electron chi connectivity index (χ1n) is 11.0. The number of fused-ring (bicyclic) bond motifs is 2. The number of anilines is 1. The minimum absolute atomic E-state index is 0.0261. The van der Waals surface area contributed by atoms with Gasteiger partial charge in [-0.15, -0.1) is 10.2 Å². The van der Waals surface area contributed by atoms with Crippen molar-refractivity contribution in [3.63, 3.8) is 0 Å². The van der Waals surface area contributed by atoms with Gasteiger partial charge in [0.1, 0.15) is 0 Å². The van der Waals surface area contributed by atoms with Crippen molar-refractivity contribution < 1.29 is 18.0 Å². The van der Waals surface area contributed by atoms with E-state index >= 15 is 0 Å². The molecule has 2 aliphatic rings. The molecule has 11 heteroatoms. The molecule has 0 radical (unpaired) electrons. The lowest BCUT2D eigenvalue weighted by atomic mass is 9.85. The second kappa shape index (κ2) is 7.96. The molecule has 0 N–H and O–H groups in total. The summed E-state index contributed by atoms with van der Waals surface area (Å²) in [7, 11) is 0. The lowest BCUT2D eigenvalue weighted by molar-refractivity contribution is -0.148. The van der Waals surface area contributed by atoms with E-state index in [1.165, 1.54) is 0 Å². The summed E-state index contributed by atoms with van der Waals surface area (Å²) in [5.74, 6) is -0.954. The van der Waals surface area contributed by atoms with Crippen LogP contribution in [0, 0.1) is 18.8 Å². The summed E-state index contributed by atoms with van der Waals surface area (Å²) in [5.41, 5.74) is 2.66. The van der Waals surface area contributed by atoms with Gasteiger partial charge in [-0.25, -0.2) is 9.97 Å². The highest BCUT2D eigenvalue weighted by Gasteiger charge is 2.41. The lowest BCUT2D eigenvalue weighted by Crippen LogP contribution is -2.49. The number of rotatable bonds is 2. The molecule has 5 rings (SSSR count). The molecular weight excluding hydrogens is 435 g/mol. The molecule has 3 aromatic heterocycles. The number of hydrogen-bond acceptors (Lipinski definition) is 6. The molecular formula is C22H24F3N7O. The Labute approximate surface area is 188 Å². The average Bonchev–Trinajstić information content (AvgIpc) is 3.22. The summed E-state index contributed by atoms with van der Waals surface area (Å²) in [4.78, 5) is 26.0. The van der Waals surface area contributed by atoms with Crippen molar-refractivity contribution in [2.45, 2.75) is 39.5 Å². The smallest absolute Gasteiger partial charge is 0.371 e. The maximum Gasteiger partial charge on any atom is 0.451 e. The van der Waals surface area contributed by atoms with E-state index in [-0.39, 0.29) is 43.2 Å². The van der Waals surface area contributed by atoms with E-state index < -0.39 is 12.0 Å². The molecule has 0 aliphatic carbocycles. The molecule has 174 valence electrons. The van der Waals surface area contributed by atoms with Gasteiger partial charge in [0.25, 0.3) is 0 Å². The summed E-state index contributed by atoms with van der Waals surface area (Å²) in [6.45, 7) is 5.70. The number of alkyl halides is 3. The van der Waals surface area contributed by atoms with Crippen LogP contribution >= 0.6 is 0 Å². The summed E-state index contributed by atoms with van der Waals surface area (Å²) >= 11 is 0. The standard InChI is InChI=1S/C22H24F3N7O/c1-13-11-30(17-5-7-26-19-16(17)4-3-14(2)27-19)8-6-15(13)20(33)31-9-10-32-18(12-31)28-29-21(32)22(23,24)25/h3-5,7,13,15H,6,8-12H2,1-2H3/t13-,15+/m1/s1. The van der Waals surface area contributed by atoms with Crippen LogP contribution < -0.4 is 4.90 Å². The van der Waals surface area contributed by atoms with Crippen molar-refractivity contribution in [1.29, 1.82) is 0 Å². The van der Waals surface area contributed by atoms with Gasteiger partial charge < -0.3 is 14.4 Å². The Morgan fingerprint density at radius 3 is 2.70 bits per heavy atom. The number of carbonyl (C=O) groups excluding carboxylic acids is 1. The fourth-order valence-electron chi connectivity index (χ4n) is 4.91. The van der Waals surface area contributed by atoms with Crippen LogP contribution in [-0.4, -0.2) is 55.2 Å². The molecule has 33 heavy (non-hydrogen) atoms. The molecule has 3 aromatic rings. The number of amides is 1. The number of pyridine rings is 2. The molecule has 2 aliphatic heterocycles. The van der Waals surface area contributed by atoms with Gasteiger partial charge in [0.05, 0.1) is 6.54 Å². The van der Waals surface area contributed by atoms with Crippen molar-refractivity contribution in [1.82, 2.24) is 29.6 Å². The lowest BCUT2D eigenvalue weighted by Gasteiger charge is -2.40. The Kier molecular flexibility index (Phi) is 5.21. The van der Waals surface area contributed by atoms with Crippen LogP contribution in [-0.2, 0) is 24.1 Å². The summed E-state index contributed by atoms with van der Waals surface area (Å²) in [5, 5.41) is 7.97. The first kappa shape index (κ1) is 21.6. The maximum atomic E-state index is 13.3. The Hall–Kier alpha value is -3.24. The van der Waals surface area contributed by atoms with Gasteiger partial charge in [-0.05, 0) is 37.5 Å². The van der Waals surface area contributed by atoms with E-state index in [9.17, 15) is 18.0 Å². The third-order valence-corrected chi connectivity index (χ3v) is 6.60. The Morgan fingerprint density at radius 1 is 1.12 bits per heavy atom. The second-order valence-corrected chi connectivity index (χ2v) is 8.82. The van der Waals surface area contributed by atoms with Crippen LogP contribution in [0.5, 0.6) is 0 Å². The molecule has 8 nitrogen and oxygen atoms in total. The Balaban J connectivity index is 1.29. The van der Waals surface area contributed by atoms with Gasteiger partial charge in [0, 0.05) is 55.1 Å². The van der Waals surface area contributed by atoms with E-state index in [0.717, 1.165) is 21.3 Å². The highest BCUT2D eigenvalue weighted by molar-refractivity contribution is 5.89. The van der Waals surface area contributed by atoms with Gasteiger partial charge in [-0.1, -0.05) is 6.92 Å². The van der Waals surface area contributed by atoms with Gasteiger partial charge in [0.15, 0.2) is 11.5 Å². The van der Waals surface area contributed by atoms with E-state index in [1.807, 2.05) is 25.1 Å². The molecule has 0 spiro atoms. The highest BCUT2D eigenvalue weighted by Crippen LogP contribution is 2.34. The van der Waals surface area contributed by atoms with Gasteiger partial charge >= 0.3 is 6.18 Å². The zero-order valence-electron chi connectivity index (χ0n) is 18.4. The van der Waals surface area contributed by atoms with Gasteiger partial charge in [-0.2, -0.15) is 13.2 Å². The number of piperidine rings is 1. The number of halogens is 3. The zero-order valence-corrected chi connectivity index (χ0v) is 18.4. The third kappa shape index (κ3) is 3.89. The molecule has 5 heterocycles. The Bertz CT molecular complexity index is 1210. The van der Waals surface area contributed by atoms with Crippen molar-refractivity contribution in [3.8, 4) is 0 Å². The molecule has 1 fully saturated rings. The molecule has 1 saturated heterocycles. The van der Waals surface area contributed by atoms with Gasteiger partial charge in [0.2, 0.25) is 11.7 Å². The molecule has 0 saturated carbocycles. The van der Waals surface area contributed by atoms with Crippen LogP contribution in [0.25, 0.3) is 11.0 Å². The first-order chi connectivity index (χ1) is 15.7. The normalized spacial score (nSPS) is 21.4. The molecule has 1 amide bonds. The van der Waals surface area contributed by atoms with Gasteiger partial charge in [-0.3, -0.25) is 4.79 Å². The van der Waals surface area contributed by atoms with E-state index in [0.29, 0.717) is 25.2 Å². The zero-order chi connectivity index (χ0) is 23.3. The number of hydrogen-bond donors (Lipinski definition) is 0. The molecule has 0 bridgehead atoms. The summed E-state index contributed by atoms with van der Waals surface area (Å²) in [6.07, 6.45) is -2.13. The third-order valence-electron chi connectivity index (χ3n) is 6.60. The number of nitrogens with zero attached hydrogens (tertiary/aromatic N) is 7. The minimum atomic E-state index is -4.55.